The van der Waals surface area contributed by atoms with E-state index in [0.717, 1.165) is 19.6 Å². The highest BCUT2D eigenvalue weighted by atomic mass is 32.2. The molecule has 1 aliphatic rings. The molecule has 1 saturated heterocycles. The van der Waals surface area contributed by atoms with Crippen LogP contribution in [0.5, 0.6) is 0 Å². The largest absolute Gasteiger partial charge is 0.455 e. The Hall–Kier alpha value is -2.90. The SMILES string of the molecule is O=C(c1ccc(CS(=O)(=O)c2ccccc2)o1)N1CCN(Cc2ccccc2)CC1. The fraction of sp³-hybridized carbons (Fsp3) is 0.261. The van der Waals surface area contributed by atoms with Gasteiger partial charge in [-0.25, -0.2) is 8.42 Å². The van der Waals surface area contributed by atoms with Gasteiger partial charge in [0.05, 0.1) is 4.90 Å². The first-order chi connectivity index (χ1) is 14.5. The van der Waals surface area contributed by atoms with E-state index in [1.165, 1.54) is 5.56 Å². The maximum atomic E-state index is 12.8. The first-order valence-corrected chi connectivity index (χ1v) is 11.6. The molecule has 0 N–H and O–H groups in total. The predicted octanol–water partition coefficient (Wildman–Crippen LogP) is 3.21. The van der Waals surface area contributed by atoms with Gasteiger partial charge in [0.25, 0.3) is 5.91 Å². The molecule has 2 aromatic carbocycles. The molecule has 4 rings (SSSR count). The van der Waals surface area contributed by atoms with Gasteiger partial charge in [0.2, 0.25) is 0 Å². The van der Waals surface area contributed by atoms with Crippen molar-refractivity contribution in [3.05, 3.63) is 89.9 Å². The summed E-state index contributed by atoms with van der Waals surface area (Å²) in [5.74, 6) is -0.0118. The third kappa shape index (κ3) is 4.80. The molecule has 1 aliphatic heterocycles. The normalized spacial score (nSPS) is 15.3. The van der Waals surface area contributed by atoms with Gasteiger partial charge in [0.15, 0.2) is 15.6 Å². The highest BCUT2D eigenvalue weighted by Crippen LogP contribution is 2.19. The predicted molar refractivity (Wildman–Crippen MR) is 114 cm³/mol. The Morgan fingerprint density at radius 3 is 2.13 bits per heavy atom. The number of furan rings is 1. The van der Waals surface area contributed by atoms with Crippen LogP contribution in [-0.2, 0) is 22.1 Å². The van der Waals surface area contributed by atoms with E-state index in [-0.39, 0.29) is 28.1 Å². The summed E-state index contributed by atoms with van der Waals surface area (Å²) in [6, 6.07) is 21.6. The Kier molecular flexibility index (Phi) is 6.01. The Morgan fingerprint density at radius 2 is 1.47 bits per heavy atom. The van der Waals surface area contributed by atoms with Crippen molar-refractivity contribution < 1.29 is 17.6 Å². The lowest BCUT2D eigenvalue weighted by molar-refractivity contribution is 0.0596. The minimum atomic E-state index is -3.51. The lowest BCUT2D eigenvalue weighted by Crippen LogP contribution is -2.48. The summed E-state index contributed by atoms with van der Waals surface area (Å²) >= 11 is 0. The van der Waals surface area contributed by atoms with Gasteiger partial charge in [-0.05, 0) is 29.8 Å². The first kappa shape index (κ1) is 20.4. The van der Waals surface area contributed by atoms with Crippen molar-refractivity contribution in [1.29, 1.82) is 0 Å². The van der Waals surface area contributed by atoms with Crippen LogP contribution in [0, 0.1) is 0 Å². The van der Waals surface area contributed by atoms with Gasteiger partial charge in [-0.1, -0.05) is 48.5 Å². The minimum absolute atomic E-state index is 0.185. The van der Waals surface area contributed by atoms with Gasteiger partial charge in [0, 0.05) is 32.7 Å². The van der Waals surface area contributed by atoms with Crippen LogP contribution in [-0.4, -0.2) is 50.3 Å². The number of rotatable bonds is 6. The zero-order chi connectivity index (χ0) is 21.0. The van der Waals surface area contributed by atoms with E-state index >= 15 is 0 Å². The van der Waals surface area contributed by atoms with Gasteiger partial charge < -0.3 is 9.32 Å². The monoisotopic (exact) mass is 424 g/mol. The van der Waals surface area contributed by atoms with E-state index in [9.17, 15) is 13.2 Å². The lowest BCUT2D eigenvalue weighted by Gasteiger charge is -2.34. The number of carbonyl (C=O) groups is 1. The molecule has 30 heavy (non-hydrogen) atoms. The molecule has 0 saturated carbocycles. The molecule has 1 amide bonds. The maximum absolute atomic E-state index is 12.8. The van der Waals surface area contributed by atoms with Crippen LogP contribution in [0.1, 0.15) is 21.9 Å². The van der Waals surface area contributed by atoms with Crippen molar-refractivity contribution >= 4 is 15.7 Å². The van der Waals surface area contributed by atoms with Crippen LogP contribution in [0.4, 0.5) is 0 Å². The second kappa shape index (κ2) is 8.85. The van der Waals surface area contributed by atoms with Crippen LogP contribution in [0.25, 0.3) is 0 Å². The fourth-order valence-corrected chi connectivity index (χ4v) is 4.84. The second-order valence-corrected chi connectivity index (χ2v) is 9.38. The molecular weight excluding hydrogens is 400 g/mol. The Labute approximate surface area is 176 Å². The van der Waals surface area contributed by atoms with Gasteiger partial charge in [-0.3, -0.25) is 9.69 Å². The van der Waals surface area contributed by atoms with E-state index in [1.54, 1.807) is 47.4 Å². The average molecular weight is 425 g/mol. The Balaban J connectivity index is 1.34. The zero-order valence-corrected chi connectivity index (χ0v) is 17.4. The highest BCUT2D eigenvalue weighted by Gasteiger charge is 2.25. The van der Waals surface area contributed by atoms with Crippen molar-refractivity contribution in [3.8, 4) is 0 Å². The number of piperazine rings is 1. The van der Waals surface area contributed by atoms with Crippen molar-refractivity contribution in [1.82, 2.24) is 9.80 Å². The number of sulfone groups is 1. The van der Waals surface area contributed by atoms with E-state index in [4.69, 9.17) is 4.42 Å². The van der Waals surface area contributed by atoms with Gasteiger partial charge in [-0.2, -0.15) is 0 Å². The van der Waals surface area contributed by atoms with Crippen molar-refractivity contribution in [2.24, 2.45) is 0 Å². The number of nitrogens with zero attached hydrogens (tertiary/aromatic N) is 2. The molecule has 3 aromatic rings. The molecule has 0 bridgehead atoms. The third-order valence-electron chi connectivity index (χ3n) is 5.22. The Bertz CT molecular complexity index is 1090. The summed E-state index contributed by atoms with van der Waals surface area (Å²) in [6.45, 7) is 3.67. The van der Waals surface area contributed by atoms with E-state index in [2.05, 4.69) is 17.0 Å². The summed E-state index contributed by atoms with van der Waals surface area (Å²) in [5.41, 5.74) is 1.26. The summed E-state index contributed by atoms with van der Waals surface area (Å²) in [5, 5.41) is 0. The smallest absolute Gasteiger partial charge is 0.289 e. The molecule has 7 heteroatoms. The summed E-state index contributed by atoms with van der Waals surface area (Å²) in [7, 11) is -3.51. The molecule has 6 nitrogen and oxygen atoms in total. The lowest BCUT2D eigenvalue weighted by atomic mass is 10.2. The van der Waals surface area contributed by atoms with Crippen LogP contribution in [0.15, 0.2) is 82.1 Å². The highest BCUT2D eigenvalue weighted by molar-refractivity contribution is 7.90. The van der Waals surface area contributed by atoms with E-state index in [0.29, 0.717) is 13.1 Å². The molecule has 0 atom stereocenters. The molecule has 0 spiro atoms. The second-order valence-electron chi connectivity index (χ2n) is 7.39. The molecule has 1 aromatic heterocycles. The average Bonchev–Trinajstić information content (AvgIpc) is 3.23. The molecule has 1 fully saturated rings. The number of amides is 1. The topological polar surface area (TPSA) is 70.8 Å². The maximum Gasteiger partial charge on any atom is 0.289 e. The summed E-state index contributed by atoms with van der Waals surface area (Å²) < 4.78 is 30.6. The molecule has 2 heterocycles. The van der Waals surface area contributed by atoms with Crippen molar-refractivity contribution in [2.75, 3.05) is 26.2 Å². The quantitative estimate of drug-likeness (QED) is 0.608. The van der Waals surface area contributed by atoms with Crippen LogP contribution >= 0.6 is 0 Å². The van der Waals surface area contributed by atoms with Crippen molar-refractivity contribution in [3.63, 3.8) is 0 Å². The molecule has 0 radical (unpaired) electrons. The third-order valence-corrected chi connectivity index (χ3v) is 6.87. The van der Waals surface area contributed by atoms with E-state index in [1.807, 2.05) is 18.2 Å². The van der Waals surface area contributed by atoms with E-state index < -0.39 is 9.84 Å². The molecule has 156 valence electrons. The molecular formula is C23H24N2O4S. The number of hydrogen-bond donors (Lipinski definition) is 0. The van der Waals surface area contributed by atoms with Gasteiger partial charge in [-0.15, -0.1) is 0 Å². The van der Waals surface area contributed by atoms with Gasteiger partial charge in [0.1, 0.15) is 11.5 Å². The van der Waals surface area contributed by atoms with Crippen LogP contribution < -0.4 is 0 Å². The number of benzene rings is 2. The molecule has 0 unspecified atom stereocenters. The minimum Gasteiger partial charge on any atom is -0.455 e. The van der Waals surface area contributed by atoms with Crippen LogP contribution in [0.3, 0.4) is 0 Å². The zero-order valence-electron chi connectivity index (χ0n) is 16.6. The van der Waals surface area contributed by atoms with Crippen molar-refractivity contribution in [2.45, 2.75) is 17.2 Å². The van der Waals surface area contributed by atoms with Crippen LogP contribution in [0.2, 0.25) is 0 Å². The van der Waals surface area contributed by atoms with Gasteiger partial charge >= 0.3 is 0 Å². The summed E-state index contributed by atoms with van der Waals surface area (Å²) in [6.07, 6.45) is 0. The fourth-order valence-electron chi connectivity index (χ4n) is 3.58. The summed E-state index contributed by atoms with van der Waals surface area (Å²) in [4.78, 5) is 17.1. The number of carbonyl (C=O) groups excluding carboxylic acids is 1. The molecule has 0 aliphatic carbocycles. The number of hydrogen-bond acceptors (Lipinski definition) is 5. The Morgan fingerprint density at radius 1 is 0.833 bits per heavy atom. The first-order valence-electron chi connectivity index (χ1n) is 9.93. The standard InChI is InChI=1S/C23H24N2O4S/c26-23(25-15-13-24(14-16-25)17-19-7-3-1-4-8-19)22-12-11-20(29-22)18-30(27,28)21-9-5-2-6-10-21/h1-12H,13-18H2.